The fourth-order valence-corrected chi connectivity index (χ4v) is 1.37. The maximum Gasteiger partial charge on any atom is 0.175 e. The zero-order chi connectivity index (χ0) is 9.97. The first kappa shape index (κ1) is 8.97. The Labute approximate surface area is 85.6 Å². The largest absolute Gasteiger partial charge is 0.410 e. The van der Waals surface area contributed by atoms with Gasteiger partial charge in [0.1, 0.15) is 0 Å². The highest BCUT2D eigenvalue weighted by atomic mass is 35.5. The van der Waals surface area contributed by atoms with Crippen LogP contribution in [0.1, 0.15) is 5.56 Å². The van der Waals surface area contributed by atoms with Gasteiger partial charge in [-0.2, -0.15) is 0 Å². The summed E-state index contributed by atoms with van der Waals surface area (Å²) >= 11 is 5.66. The van der Waals surface area contributed by atoms with Gasteiger partial charge in [-0.05, 0) is 12.1 Å². The maximum absolute atomic E-state index is 8.50. The summed E-state index contributed by atoms with van der Waals surface area (Å²) in [7, 11) is 0. The molecule has 0 saturated carbocycles. The van der Waals surface area contributed by atoms with E-state index in [1.807, 2.05) is 18.2 Å². The van der Waals surface area contributed by atoms with Crippen LogP contribution < -0.4 is 0 Å². The van der Waals surface area contributed by atoms with Crippen LogP contribution in [0.4, 0.5) is 0 Å². The van der Waals surface area contributed by atoms with Gasteiger partial charge in [0.05, 0.1) is 5.52 Å². The second-order valence-corrected chi connectivity index (χ2v) is 3.16. The SMILES string of the molecule is ON=C(Cl)c1ccc2cccnc2c1. The minimum absolute atomic E-state index is 0.0672. The number of rotatable bonds is 1. The number of benzene rings is 1. The Morgan fingerprint density at radius 2 is 2.21 bits per heavy atom. The summed E-state index contributed by atoms with van der Waals surface area (Å²) in [5, 5.41) is 12.5. The number of halogens is 1. The lowest BCUT2D eigenvalue weighted by atomic mass is 10.1. The van der Waals surface area contributed by atoms with E-state index in [0.29, 0.717) is 5.56 Å². The van der Waals surface area contributed by atoms with Gasteiger partial charge in [0, 0.05) is 17.1 Å². The molecule has 0 unspecified atom stereocenters. The van der Waals surface area contributed by atoms with E-state index in [1.165, 1.54) is 0 Å². The van der Waals surface area contributed by atoms with E-state index in [2.05, 4.69) is 10.1 Å². The Morgan fingerprint density at radius 3 is 3.00 bits per heavy atom. The van der Waals surface area contributed by atoms with Crippen molar-refractivity contribution in [2.45, 2.75) is 0 Å². The van der Waals surface area contributed by atoms with Gasteiger partial charge in [0.2, 0.25) is 0 Å². The molecule has 1 N–H and O–H groups in total. The van der Waals surface area contributed by atoms with Crippen molar-refractivity contribution < 1.29 is 5.21 Å². The highest BCUT2D eigenvalue weighted by Gasteiger charge is 2.01. The van der Waals surface area contributed by atoms with Crippen molar-refractivity contribution in [3.05, 3.63) is 42.1 Å². The number of aromatic nitrogens is 1. The Bertz CT molecular complexity index is 496. The van der Waals surface area contributed by atoms with Crippen molar-refractivity contribution in [1.82, 2.24) is 4.98 Å². The molecule has 0 fully saturated rings. The van der Waals surface area contributed by atoms with Crippen LogP contribution in [0, 0.1) is 0 Å². The highest BCUT2D eigenvalue weighted by molar-refractivity contribution is 6.69. The van der Waals surface area contributed by atoms with Crippen molar-refractivity contribution in [2.24, 2.45) is 5.16 Å². The lowest BCUT2D eigenvalue weighted by Crippen LogP contribution is -1.91. The van der Waals surface area contributed by atoms with E-state index in [9.17, 15) is 0 Å². The highest BCUT2D eigenvalue weighted by Crippen LogP contribution is 2.14. The molecule has 4 heteroatoms. The summed E-state index contributed by atoms with van der Waals surface area (Å²) < 4.78 is 0. The number of nitrogens with zero attached hydrogens (tertiary/aromatic N) is 2. The van der Waals surface area contributed by atoms with Crippen molar-refractivity contribution in [3.63, 3.8) is 0 Å². The van der Waals surface area contributed by atoms with Crippen molar-refractivity contribution >= 4 is 27.7 Å². The third-order valence-electron chi connectivity index (χ3n) is 1.93. The van der Waals surface area contributed by atoms with Gasteiger partial charge in [0.15, 0.2) is 5.17 Å². The molecule has 0 spiro atoms. The molecule has 0 aliphatic carbocycles. The van der Waals surface area contributed by atoms with Gasteiger partial charge >= 0.3 is 0 Å². The van der Waals surface area contributed by atoms with Crippen LogP contribution in [0.3, 0.4) is 0 Å². The molecule has 3 nitrogen and oxygen atoms in total. The summed E-state index contributed by atoms with van der Waals surface area (Å²) in [6, 6.07) is 9.26. The first-order valence-electron chi connectivity index (χ1n) is 4.04. The van der Waals surface area contributed by atoms with Crippen LogP contribution in [-0.2, 0) is 0 Å². The quantitative estimate of drug-likeness (QED) is 0.443. The van der Waals surface area contributed by atoms with E-state index in [-0.39, 0.29) is 5.17 Å². The van der Waals surface area contributed by atoms with E-state index in [4.69, 9.17) is 16.8 Å². The van der Waals surface area contributed by atoms with E-state index in [1.54, 1.807) is 18.3 Å². The molecule has 0 bridgehead atoms. The van der Waals surface area contributed by atoms with Crippen LogP contribution in [-0.4, -0.2) is 15.4 Å². The van der Waals surface area contributed by atoms with Crippen molar-refractivity contribution in [2.75, 3.05) is 0 Å². The molecule has 0 aliphatic rings. The lowest BCUT2D eigenvalue weighted by Gasteiger charge is -1.99. The van der Waals surface area contributed by atoms with Gasteiger partial charge in [-0.1, -0.05) is 35.0 Å². The summed E-state index contributed by atoms with van der Waals surface area (Å²) in [5.74, 6) is 0. The van der Waals surface area contributed by atoms with Gasteiger partial charge in [-0.3, -0.25) is 4.98 Å². The number of oxime groups is 1. The molecular formula is C10H7ClN2O. The number of fused-ring (bicyclic) bond motifs is 1. The van der Waals surface area contributed by atoms with Crippen LogP contribution >= 0.6 is 11.6 Å². The predicted molar refractivity (Wildman–Crippen MR) is 55.9 cm³/mol. The van der Waals surface area contributed by atoms with Crippen molar-refractivity contribution in [3.8, 4) is 0 Å². The third kappa shape index (κ3) is 1.54. The van der Waals surface area contributed by atoms with Gasteiger partial charge in [-0.15, -0.1) is 0 Å². The second-order valence-electron chi connectivity index (χ2n) is 2.80. The minimum atomic E-state index is 0.0672. The summed E-state index contributed by atoms with van der Waals surface area (Å²) in [6.45, 7) is 0. The molecule has 1 aromatic carbocycles. The molecule has 0 atom stereocenters. The number of pyridine rings is 1. The van der Waals surface area contributed by atoms with E-state index in [0.717, 1.165) is 10.9 Å². The normalized spacial score (nSPS) is 11.9. The van der Waals surface area contributed by atoms with Crippen molar-refractivity contribution in [1.29, 1.82) is 0 Å². The Morgan fingerprint density at radius 1 is 1.36 bits per heavy atom. The fraction of sp³-hybridized carbons (Fsp3) is 0. The zero-order valence-electron chi connectivity index (χ0n) is 7.18. The van der Waals surface area contributed by atoms with Gasteiger partial charge < -0.3 is 5.21 Å². The molecule has 0 saturated heterocycles. The third-order valence-corrected chi connectivity index (χ3v) is 2.23. The molecular weight excluding hydrogens is 200 g/mol. The molecule has 70 valence electrons. The van der Waals surface area contributed by atoms with Crippen LogP contribution in [0.5, 0.6) is 0 Å². The van der Waals surface area contributed by atoms with Crippen LogP contribution in [0.2, 0.25) is 0 Å². The Kier molecular flexibility index (Phi) is 2.33. The fourth-order valence-electron chi connectivity index (χ4n) is 1.25. The predicted octanol–water partition coefficient (Wildman–Crippen LogP) is 2.61. The molecule has 1 heterocycles. The Hall–Kier alpha value is -1.61. The first-order chi connectivity index (χ1) is 6.81. The number of hydrogen-bond donors (Lipinski definition) is 1. The monoisotopic (exact) mass is 206 g/mol. The summed E-state index contributed by atoms with van der Waals surface area (Å²) in [4.78, 5) is 4.16. The topological polar surface area (TPSA) is 45.5 Å². The average molecular weight is 207 g/mol. The van der Waals surface area contributed by atoms with Crippen LogP contribution in [0.25, 0.3) is 10.9 Å². The Balaban J connectivity index is 2.62. The van der Waals surface area contributed by atoms with E-state index < -0.39 is 0 Å². The minimum Gasteiger partial charge on any atom is -0.410 e. The van der Waals surface area contributed by atoms with Gasteiger partial charge in [0.25, 0.3) is 0 Å². The number of hydrogen-bond acceptors (Lipinski definition) is 3. The lowest BCUT2D eigenvalue weighted by molar-refractivity contribution is 0.321. The maximum atomic E-state index is 8.50. The molecule has 0 radical (unpaired) electrons. The standard InChI is InChI=1S/C10H7ClN2O/c11-10(13-14)8-4-3-7-2-1-5-12-9(7)6-8/h1-6,14H. The molecule has 14 heavy (non-hydrogen) atoms. The molecule has 2 aromatic rings. The second kappa shape index (κ2) is 3.64. The zero-order valence-corrected chi connectivity index (χ0v) is 7.94. The average Bonchev–Trinajstić information content (AvgIpc) is 2.27. The van der Waals surface area contributed by atoms with Gasteiger partial charge in [-0.25, -0.2) is 0 Å². The molecule has 0 amide bonds. The smallest absolute Gasteiger partial charge is 0.175 e. The summed E-state index contributed by atoms with van der Waals surface area (Å²) in [6.07, 6.45) is 1.70. The molecule has 1 aromatic heterocycles. The summed E-state index contributed by atoms with van der Waals surface area (Å²) in [5.41, 5.74) is 1.48. The van der Waals surface area contributed by atoms with Crippen LogP contribution in [0.15, 0.2) is 41.7 Å². The molecule has 2 rings (SSSR count). The van der Waals surface area contributed by atoms with E-state index >= 15 is 0 Å². The molecule has 0 aliphatic heterocycles. The first-order valence-corrected chi connectivity index (χ1v) is 4.42.